The molecule has 0 spiro atoms. The monoisotopic (exact) mass is 347 g/mol. The summed E-state index contributed by atoms with van der Waals surface area (Å²) in [5, 5.41) is 7.64. The van der Waals surface area contributed by atoms with Gasteiger partial charge < -0.3 is 4.74 Å². The van der Waals surface area contributed by atoms with Gasteiger partial charge in [-0.25, -0.2) is 13.1 Å². The molecule has 2 heterocycles. The zero-order valence-electron chi connectivity index (χ0n) is 13.8. The minimum atomic E-state index is -3.59. The molecule has 0 saturated carbocycles. The van der Waals surface area contributed by atoms with E-state index < -0.39 is 10.0 Å². The molecule has 1 N–H and O–H groups in total. The normalized spacial score (nSPS) is 18.0. The number of nitrogens with zero attached hydrogens (tertiary/aromatic N) is 2. The van der Waals surface area contributed by atoms with E-state index in [4.69, 9.17) is 4.74 Å². The van der Waals surface area contributed by atoms with Gasteiger partial charge in [-0.3, -0.25) is 0 Å². The first-order valence-electron chi connectivity index (χ1n) is 7.97. The fraction of sp³-hybridized carbons (Fsp3) is 0.412. The Morgan fingerprint density at radius 3 is 2.75 bits per heavy atom. The molecule has 1 aliphatic rings. The number of nitrogens with one attached hydrogen (secondary N) is 1. The molecule has 1 saturated heterocycles. The smallest absolute Gasteiger partial charge is 0.240 e. The molecular formula is C17H21N3O3S. The minimum Gasteiger partial charge on any atom is -0.377 e. The van der Waals surface area contributed by atoms with Crippen LogP contribution < -0.4 is 4.72 Å². The summed E-state index contributed by atoms with van der Waals surface area (Å²) < 4.78 is 33.6. The second-order valence-corrected chi connectivity index (χ2v) is 7.79. The molecule has 0 aliphatic carbocycles. The van der Waals surface area contributed by atoms with E-state index in [1.165, 1.54) is 0 Å². The highest BCUT2D eigenvalue weighted by Crippen LogP contribution is 2.28. The predicted molar refractivity (Wildman–Crippen MR) is 91.1 cm³/mol. The van der Waals surface area contributed by atoms with Crippen LogP contribution in [0.25, 0.3) is 11.1 Å². The average molecular weight is 347 g/mol. The molecule has 0 radical (unpaired) electrons. The van der Waals surface area contributed by atoms with Crippen molar-refractivity contribution < 1.29 is 13.2 Å². The van der Waals surface area contributed by atoms with Gasteiger partial charge in [0.2, 0.25) is 10.0 Å². The lowest BCUT2D eigenvalue weighted by molar-refractivity contribution is 0.114. The number of aromatic nitrogens is 2. The fourth-order valence-electron chi connectivity index (χ4n) is 2.97. The number of hydrogen-bond acceptors (Lipinski definition) is 5. The summed E-state index contributed by atoms with van der Waals surface area (Å²) in [7, 11) is -3.59. The molecule has 3 rings (SSSR count). The molecule has 1 aromatic carbocycles. The fourth-order valence-corrected chi connectivity index (χ4v) is 4.29. The first kappa shape index (κ1) is 17.0. The van der Waals surface area contributed by atoms with E-state index in [0.717, 1.165) is 35.1 Å². The van der Waals surface area contributed by atoms with Gasteiger partial charge in [-0.05, 0) is 55.5 Å². The zero-order valence-corrected chi connectivity index (χ0v) is 14.6. The van der Waals surface area contributed by atoms with E-state index in [1.54, 1.807) is 18.5 Å². The third-order valence-corrected chi connectivity index (χ3v) is 5.80. The zero-order chi connectivity index (χ0) is 17.2. The molecule has 0 bridgehead atoms. The molecule has 24 heavy (non-hydrogen) atoms. The van der Waals surface area contributed by atoms with Gasteiger partial charge in [-0.1, -0.05) is 6.07 Å². The van der Waals surface area contributed by atoms with Crippen molar-refractivity contribution in [2.75, 3.05) is 13.2 Å². The number of rotatable bonds is 5. The Balaban J connectivity index is 1.91. The largest absolute Gasteiger partial charge is 0.377 e. The van der Waals surface area contributed by atoms with Crippen LogP contribution in [0.5, 0.6) is 0 Å². The number of sulfonamides is 1. The number of hydrogen-bond donors (Lipinski definition) is 1. The van der Waals surface area contributed by atoms with Gasteiger partial charge in [0, 0.05) is 18.7 Å². The van der Waals surface area contributed by atoms with Gasteiger partial charge in [0.25, 0.3) is 0 Å². The van der Waals surface area contributed by atoms with Crippen molar-refractivity contribution in [2.24, 2.45) is 0 Å². The van der Waals surface area contributed by atoms with Crippen LogP contribution in [0.15, 0.2) is 35.5 Å². The molecule has 1 atom stereocenters. The lowest BCUT2D eigenvalue weighted by Gasteiger charge is -2.15. The van der Waals surface area contributed by atoms with E-state index in [2.05, 4.69) is 14.9 Å². The van der Waals surface area contributed by atoms with Gasteiger partial charge in [-0.2, -0.15) is 10.2 Å². The molecule has 1 aromatic heterocycles. The SMILES string of the molecule is Cc1cc(C)c(S(=O)(=O)NCC2CCCO2)cc1-c1ccnnc1. The Morgan fingerprint density at radius 2 is 2.08 bits per heavy atom. The summed E-state index contributed by atoms with van der Waals surface area (Å²) in [5.41, 5.74) is 3.41. The van der Waals surface area contributed by atoms with E-state index in [-0.39, 0.29) is 11.0 Å². The Kier molecular flexibility index (Phi) is 4.93. The average Bonchev–Trinajstić information content (AvgIpc) is 3.07. The highest BCUT2D eigenvalue weighted by atomic mass is 32.2. The van der Waals surface area contributed by atoms with Crippen molar-refractivity contribution >= 4 is 10.0 Å². The summed E-state index contributed by atoms with van der Waals surface area (Å²) in [6, 6.07) is 5.41. The molecule has 1 unspecified atom stereocenters. The second-order valence-electron chi connectivity index (χ2n) is 6.05. The summed E-state index contributed by atoms with van der Waals surface area (Å²) >= 11 is 0. The highest BCUT2D eigenvalue weighted by molar-refractivity contribution is 7.89. The van der Waals surface area contributed by atoms with Crippen LogP contribution in [-0.2, 0) is 14.8 Å². The topological polar surface area (TPSA) is 81.2 Å². The van der Waals surface area contributed by atoms with E-state index in [9.17, 15) is 8.42 Å². The van der Waals surface area contributed by atoms with Crippen molar-refractivity contribution in [1.29, 1.82) is 0 Å². The van der Waals surface area contributed by atoms with Gasteiger partial charge >= 0.3 is 0 Å². The van der Waals surface area contributed by atoms with Crippen molar-refractivity contribution in [3.05, 3.63) is 41.7 Å². The summed E-state index contributed by atoms with van der Waals surface area (Å²) in [6.07, 6.45) is 5.07. The predicted octanol–water partition coefficient (Wildman–Crippen LogP) is 2.22. The molecular weight excluding hydrogens is 326 g/mol. The van der Waals surface area contributed by atoms with Crippen LogP contribution in [0.1, 0.15) is 24.0 Å². The number of aryl methyl sites for hydroxylation is 2. The Bertz CT molecular complexity index is 816. The third kappa shape index (κ3) is 3.63. The van der Waals surface area contributed by atoms with Crippen LogP contribution in [-0.4, -0.2) is 37.9 Å². The van der Waals surface area contributed by atoms with Gasteiger partial charge in [-0.15, -0.1) is 0 Å². The maximum atomic E-state index is 12.7. The molecule has 1 fully saturated rings. The maximum Gasteiger partial charge on any atom is 0.240 e. The first-order valence-corrected chi connectivity index (χ1v) is 9.45. The van der Waals surface area contributed by atoms with E-state index in [1.807, 2.05) is 26.0 Å². The van der Waals surface area contributed by atoms with Crippen LogP contribution in [0.2, 0.25) is 0 Å². The van der Waals surface area contributed by atoms with E-state index >= 15 is 0 Å². The number of benzene rings is 1. The highest BCUT2D eigenvalue weighted by Gasteiger charge is 2.22. The molecule has 128 valence electrons. The van der Waals surface area contributed by atoms with Gasteiger partial charge in [0.05, 0.1) is 23.4 Å². The second kappa shape index (κ2) is 6.96. The molecule has 2 aromatic rings. The van der Waals surface area contributed by atoms with Crippen molar-refractivity contribution in [1.82, 2.24) is 14.9 Å². The van der Waals surface area contributed by atoms with Crippen LogP contribution in [0.3, 0.4) is 0 Å². The Labute approximate surface area is 142 Å². The van der Waals surface area contributed by atoms with Crippen molar-refractivity contribution in [3.63, 3.8) is 0 Å². The standard InChI is InChI=1S/C17H21N3O3S/c1-12-8-13(2)17(9-16(12)14-5-6-18-19-10-14)24(21,22)20-11-15-4-3-7-23-15/h5-6,8-10,15,20H,3-4,7,11H2,1-2H3. The molecule has 1 aliphatic heterocycles. The van der Waals surface area contributed by atoms with Crippen LogP contribution in [0, 0.1) is 13.8 Å². The van der Waals surface area contributed by atoms with Gasteiger partial charge in [0.1, 0.15) is 0 Å². The number of ether oxygens (including phenoxy) is 1. The van der Waals surface area contributed by atoms with E-state index in [0.29, 0.717) is 13.2 Å². The molecule has 6 nitrogen and oxygen atoms in total. The third-order valence-electron chi connectivity index (χ3n) is 4.23. The quantitative estimate of drug-likeness (QED) is 0.897. The van der Waals surface area contributed by atoms with Gasteiger partial charge in [0.15, 0.2) is 0 Å². The van der Waals surface area contributed by atoms with Crippen LogP contribution >= 0.6 is 0 Å². The van der Waals surface area contributed by atoms with Crippen LogP contribution in [0.4, 0.5) is 0 Å². The lowest BCUT2D eigenvalue weighted by atomic mass is 10.0. The Hall–Kier alpha value is -1.83. The summed E-state index contributed by atoms with van der Waals surface area (Å²) in [6.45, 7) is 4.78. The Morgan fingerprint density at radius 1 is 1.25 bits per heavy atom. The summed E-state index contributed by atoms with van der Waals surface area (Å²) in [4.78, 5) is 0.290. The first-order chi connectivity index (χ1) is 11.5. The molecule has 7 heteroatoms. The minimum absolute atomic E-state index is 0.0330. The molecule has 0 amide bonds. The maximum absolute atomic E-state index is 12.7. The summed E-state index contributed by atoms with van der Waals surface area (Å²) in [5.74, 6) is 0. The van der Waals surface area contributed by atoms with Crippen molar-refractivity contribution in [2.45, 2.75) is 37.7 Å². The lowest BCUT2D eigenvalue weighted by Crippen LogP contribution is -2.32. The van der Waals surface area contributed by atoms with Crippen molar-refractivity contribution in [3.8, 4) is 11.1 Å².